The van der Waals surface area contributed by atoms with Gasteiger partial charge in [-0.1, -0.05) is 0 Å². The zero-order valence-corrected chi connectivity index (χ0v) is 6.65. The molecule has 3 atom stereocenters. The van der Waals surface area contributed by atoms with E-state index < -0.39 is 16.7 Å². The average molecular weight is 212 g/mol. The van der Waals surface area contributed by atoms with Crippen molar-refractivity contribution in [1.82, 2.24) is 0 Å². The monoisotopic (exact) mass is 211 g/mol. The van der Waals surface area contributed by atoms with Crippen LogP contribution < -0.4 is 0 Å². The van der Waals surface area contributed by atoms with Crippen LogP contribution in [0.2, 0.25) is 0 Å². The van der Waals surface area contributed by atoms with Gasteiger partial charge in [-0.3, -0.25) is 0 Å². The Morgan fingerprint density at radius 3 is 2.50 bits per heavy atom. The summed E-state index contributed by atoms with van der Waals surface area (Å²) in [6.45, 7) is 0.741. The van der Waals surface area contributed by atoms with E-state index in [4.69, 9.17) is 14.9 Å². The number of aliphatic hydroxyl groups excluding tert-OH is 2. The van der Waals surface area contributed by atoms with Crippen molar-refractivity contribution in [2.45, 2.75) is 16.7 Å². The van der Waals surface area contributed by atoms with Gasteiger partial charge in [0.15, 0.2) is 4.51 Å². The molecule has 1 aliphatic heterocycles. The minimum Gasteiger partial charge on any atom is -0.394 e. The highest BCUT2D eigenvalue weighted by Gasteiger charge is 2.48. The second kappa shape index (κ2) is 2.75. The molecule has 0 aromatic heterocycles. The summed E-state index contributed by atoms with van der Waals surface area (Å²) < 4.78 is 3.17. The maximum atomic E-state index is 9.27. The molecule has 1 rings (SSSR count). The first-order chi connectivity index (χ1) is 4.59. The first kappa shape index (κ1) is 8.42. The van der Waals surface area contributed by atoms with E-state index in [0.29, 0.717) is 0 Å². The van der Waals surface area contributed by atoms with Crippen LogP contribution in [-0.2, 0) is 4.74 Å². The van der Waals surface area contributed by atoms with Gasteiger partial charge in [0.2, 0.25) is 0 Å². The summed E-state index contributed by atoms with van der Waals surface area (Å²) in [5.41, 5.74) is 0. The van der Waals surface area contributed by atoms with Crippen LogP contribution in [0.15, 0.2) is 0 Å². The molecule has 0 aromatic carbocycles. The van der Waals surface area contributed by atoms with E-state index in [1.165, 1.54) is 0 Å². The second-order valence-corrected chi connectivity index (χ2v) is 3.39. The molecule has 0 saturated carbocycles. The van der Waals surface area contributed by atoms with Crippen molar-refractivity contribution in [2.24, 2.45) is 0 Å². The lowest BCUT2D eigenvalue weighted by atomic mass is 10.1. The van der Waals surface area contributed by atoms with E-state index in [1.54, 1.807) is 0 Å². The van der Waals surface area contributed by atoms with Gasteiger partial charge in [0.1, 0.15) is 18.8 Å². The fourth-order valence-corrected chi connectivity index (χ4v) is 1.08. The van der Waals surface area contributed by atoms with E-state index >= 15 is 0 Å². The Balaban J connectivity index is 2.64. The molecule has 0 spiro atoms. The van der Waals surface area contributed by atoms with E-state index in [0.717, 1.165) is 6.61 Å². The molecule has 10 heavy (non-hydrogen) atoms. The van der Waals surface area contributed by atoms with Crippen molar-refractivity contribution >= 4 is 15.9 Å². The van der Waals surface area contributed by atoms with Crippen LogP contribution in [-0.4, -0.2) is 38.6 Å². The normalized spacial score (nSPS) is 48.0. The molecule has 1 saturated heterocycles. The molecule has 1 fully saturated rings. The summed E-state index contributed by atoms with van der Waals surface area (Å²) in [4.78, 5) is 0. The number of aliphatic hydroxyl groups is 3. The van der Waals surface area contributed by atoms with Crippen molar-refractivity contribution in [3.05, 3.63) is 6.61 Å². The minimum atomic E-state index is -1.54. The van der Waals surface area contributed by atoms with Gasteiger partial charge >= 0.3 is 0 Å². The molecule has 3 N–H and O–H groups in total. The summed E-state index contributed by atoms with van der Waals surface area (Å²) in [6.07, 6.45) is -1.88. The summed E-state index contributed by atoms with van der Waals surface area (Å²) in [6, 6.07) is 0. The SMILES string of the molecule is OC[C@@H]1O[CH][C@@H](O)[C@]1(O)Br. The molecule has 1 radical (unpaired) electrons. The Kier molecular flexibility index (Phi) is 2.31. The third-order valence-corrected chi connectivity index (χ3v) is 2.38. The first-order valence-corrected chi connectivity index (χ1v) is 3.57. The number of hydrogen-bond donors (Lipinski definition) is 3. The molecule has 5 heteroatoms. The van der Waals surface area contributed by atoms with Crippen molar-refractivity contribution in [1.29, 1.82) is 0 Å². The van der Waals surface area contributed by atoms with Crippen LogP contribution in [0.4, 0.5) is 0 Å². The lowest BCUT2D eigenvalue weighted by molar-refractivity contribution is -0.0223. The highest BCUT2D eigenvalue weighted by Crippen LogP contribution is 2.33. The Morgan fingerprint density at radius 1 is 1.70 bits per heavy atom. The topological polar surface area (TPSA) is 69.9 Å². The second-order valence-electron chi connectivity index (χ2n) is 2.12. The van der Waals surface area contributed by atoms with Gasteiger partial charge < -0.3 is 20.1 Å². The lowest BCUT2D eigenvalue weighted by Crippen LogP contribution is -2.42. The van der Waals surface area contributed by atoms with E-state index in [-0.39, 0.29) is 6.61 Å². The lowest BCUT2D eigenvalue weighted by Gasteiger charge is -2.21. The quantitative estimate of drug-likeness (QED) is 0.487. The molecule has 0 aromatic rings. The Labute approximate surface area is 66.6 Å². The molecule has 59 valence electrons. The number of halogens is 1. The Morgan fingerprint density at radius 2 is 2.30 bits per heavy atom. The number of ether oxygens (including phenoxy) is 1. The standard InChI is InChI=1S/C5H8BrO4/c6-5(9)3(8)2-10-4(5)1-7/h2-4,7-9H,1H2/t3-,4+,5-/m1/s1. The summed E-state index contributed by atoms with van der Waals surface area (Å²) in [5.74, 6) is 0. The number of hydrogen-bond acceptors (Lipinski definition) is 4. The first-order valence-electron chi connectivity index (χ1n) is 2.78. The maximum Gasteiger partial charge on any atom is 0.176 e. The fraction of sp³-hybridized carbons (Fsp3) is 0.800. The predicted molar refractivity (Wildman–Crippen MR) is 36.1 cm³/mol. The minimum absolute atomic E-state index is 0.338. The highest BCUT2D eigenvalue weighted by atomic mass is 79.9. The van der Waals surface area contributed by atoms with Crippen molar-refractivity contribution < 1.29 is 20.1 Å². The van der Waals surface area contributed by atoms with Gasteiger partial charge in [-0.2, -0.15) is 0 Å². The van der Waals surface area contributed by atoms with Crippen LogP contribution in [0.3, 0.4) is 0 Å². The number of alkyl halides is 1. The van der Waals surface area contributed by atoms with Crippen LogP contribution in [0.25, 0.3) is 0 Å². The molecule has 0 unspecified atom stereocenters. The largest absolute Gasteiger partial charge is 0.394 e. The zero-order valence-electron chi connectivity index (χ0n) is 5.07. The summed E-state index contributed by atoms with van der Waals surface area (Å²) in [7, 11) is 0. The zero-order chi connectivity index (χ0) is 7.78. The van der Waals surface area contributed by atoms with Crippen molar-refractivity contribution in [3.8, 4) is 0 Å². The predicted octanol–water partition coefficient (Wildman–Crippen LogP) is -1.02. The summed E-state index contributed by atoms with van der Waals surface area (Å²) >= 11 is 2.82. The van der Waals surface area contributed by atoms with Gasteiger partial charge in [0.05, 0.1) is 6.61 Å². The van der Waals surface area contributed by atoms with Crippen LogP contribution in [0, 0.1) is 6.61 Å². The maximum absolute atomic E-state index is 9.27. The summed E-state index contributed by atoms with van der Waals surface area (Å²) in [5, 5.41) is 26.8. The molecule has 1 heterocycles. The van der Waals surface area contributed by atoms with E-state index in [2.05, 4.69) is 15.9 Å². The van der Waals surface area contributed by atoms with Gasteiger partial charge in [-0.15, -0.1) is 0 Å². The Bertz CT molecular complexity index is 127. The fourth-order valence-electron chi connectivity index (χ4n) is 0.722. The molecule has 4 nitrogen and oxygen atoms in total. The van der Waals surface area contributed by atoms with Crippen LogP contribution in [0.1, 0.15) is 0 Å². The van der Waals surface area contributed by atoms with Crippen molar-refractivity contribution in [2.75, 3.05) is 6.61 Å². The molecular weight excluding hydrogens is 204 g/mol. The van der Waals surface area contributed by atoms with Gasteiger partial charge in [0, 0.05) is 0 Å². The molecule has 0 aliphatic carbocycles. The highest BCUT2D eigenvalue weighted by molar-refractivity contribution is 9.10. The molecule has 1 aliphatic rings. The van der Waals surface area contributed by atoms with Crippen LogP contribution >= 0.6 is 15.9 Å². The average Bonchev–Trinajstić information content (AvgIpc) is 2.10. The van der Waals surface area contributed by atoms with Gasteiger partial charge in [-0.05, 0) is 15.9 Å². The van der Waals surface area contributed by atoms with Crippen molar-refractivity contribution in [3.63, 3.8) is 0 Å². The molecular formula is C5H8BrO4. The molecule has 0 amide bonds. The van der Waals surface area contributed by atoms with Crippen LogP contribution in [0.5, 0.6) is 0 Å². The van der Waals surface area contributed by atoms with E-state index in [1.807, 2.05) is 0 Å². The third kappa shape index (κ3) is 1.19. The number of rotatable bonds is 1. The van der Waals surface area contributed by atoms with E-state index in [9.17, 15) is 5.11 Å². The molecule has 0 bridgehead atoms. The van der Waals surface area contributed by atoms with Gasteiger partial charge in [-0.25, -0.2) is 0 Å². The third-order valence-electron chi connectivity index (χ3n) is 1.40. The smallest absolute Gasteiger partial charge is 0.176 e. The van der Waals surface area contributed by atoms with Gasteiger partial charge in [0.25, 0.3) is 0 Å². The Hall–Kier alpha value is 0.320.